The maximum atomic E-state index is 12.7. The largest absolute Gasteiger partial charge is 0.479 e. The number of aryl methyl sites for hydroxylation is 2. The Balaban J connectivity index is 1.50. The third kappa shape index (κ3) is 5.29. The molecule has 1 N–H and O–H groups in total. The van der Waals surface area contributed by atoms with Gasteiger partial charge in [0.15, 0.2) is 6.10 Å². The Morgan fingerprint density at radius 2 is 2.07 bits per heavy atom. The summed E-state index contributed by atoms with van der Waals surface area (Å²) in [6.45, 7) is 7.47. The van der Waals surface area contributed by atoms with Gasteiger partial charge in [-0.1, -0.05) is 17.7 Å². The molecular weight excluding hydrogens is 392 g/mol. The number of carbonyl (C=O) groups excluding carboxylic acids is 2. The summed E-state index contributed by atoms with van der Waals surface area (Å²) in [7, 11) is 0. The van der Waals surface area contributed by atoms with Crippen LogP contribution in [-0.4, -0.2) is 45.7 Å². The minimum Gasteiger partial charge on any atom is -0.479 e. The first-order valence-electron chi connectivity index (χ1n) is 9.92. The van der Waals surface area contributed by atoms with Gasteiger partial charge in [-0.05, 0) is 51.3 Å². The van der Waals surface area contributed by atoms with Gasteiger partial charge in [0.25, 0.3) is 5.91 Å². The number of ether oxygens (including phenoxy) is 1. The maximum absolute atomic E-state index is 12.7. The van der Waals surface area contributed by atoms with E-state index in [1.165, 1.54) is 0 Å². The highest BCUT2D eigenvalue weighted by atomic mass is 35.5. The van der Waals surface area contributed by atoms with E-state index in [0.717, 1.165) is 12.1 Å². The topological polar surface area (TPSA) is 76.5 Å². The van der Waals surface area contributed by atoms with Crippen molar-refractivity contribution in [1.82, 2.24) is 14.7 Å². The lowest BCUT2D eigenvalue weighted by Crippen LogP contribution is -2.46. The molecule has 1 fully saturated rings. The van der Waals surface area contributed by atoms with Crippen molar-refractivity contribution >= 4 is 29.1 Å². The number of nitrogens with zero attached hydrogens (tertiary/aromatic N) is 3. The number of amides is 2. The number of anilines is 1. The van der Waals surface area contributed by atoms with Gasteiger partial charge in [0.2, 0.25) is 5.91 Å². The summed E-state index contributed by atoms with van der Waals surface area (Å²) in [6, 6.07) is 5.48. The highest BCUT2D eigenvalue weighted by Crippen LogP contribution is 2.27. The molecule has 0 radical (unpaired) electrons. The van der Waals surface area contributed by atoms with Crippen LogP contribution in [0, 0.1) is 12.8 Å². The molecule has 1 aliphatic rings. The van der Waals surface area contributed by atoms with E-state index in [4.69, 9.17) is 16.3 Å². The highest BCUT2D eigenvalue weighted by Gasteiger charge is 2.30. The Hall–Kier alpha value is -2.54. The van der Waals surface area contributed by atoms with Gasteiger partial charge in [0.1, 0.15) is 5.75 Å². The van der Waals surface area contributed by atoms with Gasteiger partial charge in [0, 0.05) is 31.7 Å². The number of rotatable bonds is 6. The average molecular weight is 419 g/mol. The quantitative estimate of drug-likeness (QED) is 0.778. The average Bonchev–Trinajstić information content (AvgIpc) is 3.17. The van der Waals surface area contributed by atoms with Crippen molar-refractivity contribution < 1.29 is 14.3 Å². The van der Waals surface area contributed by atoms with Crippen LogP contribution >= 0.6 is 11.6 Å². The van der Waals surface area contributed by atoms with Crippen LogP contribution in [0.2, 0.25) is 5.02 Å². The normalized spacial score (nSPS) is 15.8. The van der Waals surface area contributed by atoms with E-state index in [2.05, 4.69) is 10.4 Å². The molecule has 0 saturated carbocycles. The first kappa shape index (κ1) is 21.2. The molecule has 0 bridgehead atoms. The molecule has 7 nitrogen and oxygen atoms in total. The summed E-state index contributed by atoms with van der Waals surface area (Å²) >= 11 is 6.16. The van der Waals surface area contributed by atoms with Crippen LogP contribution in [-0.2, 0) is 16.1 Å². The highest BCUT2D eigenvalue weighted by molar-refractivity contribution is 6.32. The summed E-state index contributed by atoms with van der Waals surface area (Å²) in [4.78, 5) is 27.0. The zero-order valence-electron chi connectivity index (χ0n) is 17.0. The fourth-order valence-electron chi connectivity index (χ4n) is 3.41. The van der Waals surface area contributed by atoms with Crippen molar-refractivity contribution in [2.24, 2.45) is 5.92 Å². The number of piperidine rings is 1. The molecule has 1 aliphatic heterocycles. The third-order valence-electron chi connectivity index (χ3n) is 5.14. The zero-order valence-corrected chi connectivity index (χ0v) is 17.8. The first-order chi connectivity index (χ1) is 13.9. The van der Waals surface area contributed by atoms with Crippen molar-refractivity contribution in [3.63, 3.8) is 0 Å². The number of benzene rings is 1. The monoisotopic (exact) mass is 418 g/mol. The predicted octanol–water partition coefficient (Wildman–Crippen LogP) is 3.51. The van der Waals surface area contributed by atoms with Crippen molar-refractivity contribution in [3.8, 4) is 5.75 Å². The molecule has 156 valence electrons. The minimum absolute atomic E-state index is 0.0245. The molecule has 1 unspecified atom stereocenters. The van der Waals surface area contributed by atoms with Crippen LogP contribution < -0.4 is 10.1 Å². The van der Waals surface area contributed by atoms with Crippen molar-refractivity contribution in [2.75, 3.05) is 18.4 Å². The number of likely N-dealkylation sites (tertiary alicyclic amines) is 1. The van der Waals surface area contributed by atoms with E-state index in [1.807, 2.05) is 32.2 Å². The smallest absolute Gasteiger partial charge is 0.263 e. The standard InChI is InChI=1S/C21H27ClN4O3/c1-4-26-13-17(12-23-26)24-20(27)16-7-9-25(10-8-16)21(28)15(3)29-19-11-14(2)5-6-18(19)22/h5-6,11-13,15-16H,4,7-10H2,1-3H3,(H,24,27). The molecule has 8 heteroatoms. The molecule has 1 saturated heterocycles. The van der Waals surface area contributed by atoms with Crippen LogP contribution in [0.1, 0.15) is 32.3 Å². The molecule has 2 amide bonds. The van der Waals surface area contributed by atoms with Gasteiger partial charge in [-0.3, -0.25) is 14.3 Å². The fourth-order valence-corrected chi connectivity index (χ4v) is 3.57. The molecule has 0 spiro atoms. The molecule has 0 aliphatic carbocycles. The Bertz CT molecular complexity index is 875. The van der Waals surface area contributed by atoms with Crippen LogP contribution in [0.25, 0.3) is 0 Å². The second-order valence-electron chi connectivity index (χ2n) is 7.37. The lowest BCUT2D eigenvalue weighted by atomic mass is 9.95. The summed E-state index contributed by atoms with van der Waals surface area (Å²) in [6.07, 6.45) is 4.07. The second kappa shape index (κ2) is 9.31. The van der Waals surface area contributed by atoms with E-state index < -0.39 is 6.10 Å². The lowest BCUT2D eigenvalue weighted by molar-refractivity contribution is -0.140. The van der Waals surface area contributed by atoms with Crippen LogP contribution in [0.4, 0.5) is 5.69 Å². The number of aromatic nitrogens is 2. The van der Waals surface area contributed by atoms with Gasteiger partial charge < -0.3 is 15.0 Å². The maximum Gasteiger partial charge on any atom is 0.263 e. The number of halogens is 1. The number of hydrogen-bond acceptors (Lipinski definition) is 4. The van der Waals surface area contributed by atoms with Crippen molar-refractivity contribution in [1.29, 1.82) is 0 Å². The lowest BCUT2D eigenvalue weighted by Gasteiger charge is -2.33. The van der Waals surface area contributed by atoms with E-state index in [1.54, 1.807) is 28.8 Å². The Morgan fingerprint density at radius 3 is 2.72 bits per heavy atom. The van der Waals surface area contributed by atoms with Crippen molar-refractivity contribution in [2.45, 2.75) is 46.3 Å². The SMILES string of the molecule is CCn1cc(NC(=O)C2CCN(C(=O)C(C)Oc3cc(C)ccc3Cl)CC2)cn1. The summed E-state index contributed by atoms with van der Waals surface area (Å²) in [5, 5.41) is 7.55. The predicted molar refractivity (Wildman–Crippen MR) is 112 cm³/mol. The third-order valence-corrected chi connectivity index (χ3v) is 5.45. The molecule has 29 heavy (non-hydrogen) atoms. The molecule has 1 aromatic carbocycles. The Labute approximate surface area is 176 Å². The summed E-state index contributed by atoms with van der Waals surface area (Å²) in [5.74, 6) is 0.273. The second-order valence-corrected chi connectivity index (χ2v) is 7.77. The molecule has 2 aromatic rings. The van der Waals surface area contributed by atoms with E-state index in [9.17, 15) is 9.59 Å². The summed E-state index contributed by atoms with van der Waals surface area (Å²) in [5.41, 5.74) is 1.72. The van der Waals surface area contributed by atoms with Crippen molar-refractivity contribution in [3.05, 3.63) is 41.2 Å². The van der Waals surface area contributed by atoms with E-state index in [-0.39, 0.29) is 17.7 Å². The molecular formula is C21H27ClN4O3. The number of carbonyl (C=O) groups is 2. The minimum atomic E-state index is -0.639. The Kier molecular flexibility index (Phi) is 6.79. The number of hydrogen-bond donors (Lipinski definition) is 1. The molecule has 1 atom stereocenters. The van der Waals surface area contributed by atoms with Gasteiger partial charge in [-0.2, -0.15) is 5.10 Å². The molecule has 1 aromatic heterocycles. The zero-order chi connectivity index (χ0) is 21.0. The van der Waals surface area contributed by atoms with Crippen LogP contribution in [0.5, 0.6) is 5.75 Å². The molecule has 2 heterocycles. The van der Waals surface area contributed by atoms with Gasteiger partial charge >= 0.3 is 0 Å². The van der Waals surface area contributed by atoms with Gasteiger partial charge in [-0.15, -0.1) is 0 Å². The molecule has 3 rings (SSSR count). The van der Waals surface area contributed by atoms with Crippen LogP contribution in [0.3, 0.4) is 0 Å². The van der Waals surface area contributed by atoms with E-state index in [0.29, 0.717) is 42.4 Å². The first-order valence-corrected chi connectivity index (χ1v) is 10.3. The fraction of sp³-hybridized carbons (Fsp3) is 0.476. The Morgan fingerprint density at radius 1 is 1.34 bits per heavy atom. The van der Waals surface area contributed by atoms with Gasteiger partial charge in [-0.25, -0.2) is 0 Å². The van der Waals surface area contributed by atoms with Crippen LogP contribution in [0.15, 0.2) is 30.6 Å². The summed E-state index contributed by atoms with van der Waals surface area (Å²) < 4.78 is 7.56. The van der Waals surface area contributed by atoms with E-state index >= 15 is 0 Å². The number of nitrogens with one attached hydrogen (secondary N) is 1. The van der Waals surface area contributed by atoms with Gasteiger partial charge in [0.05, 0.1) is 16.9 Å².